The Bertz CT molecular complexity index is 375. The Morgan fingerprint density at radius 3 is 2.88 bits per heavy atom. The molecular weight excluding hydrogens is 280 g/mol. The number of nitrogens with two attached hydrogens (primary N) is 1. The summed E-state index contributed by atoms with van der Waals surface area (Å²) in [4.78, 5) is 2.17. The van der Waals surface area contributed by atoms with Crippen molar-refractivity contribution in [1.82, 2.24) is 14.7 Å². The summed E-state index contributed by atoms with van der Waals surface area (Å²) in [5.41, 5.74) is 7.48. The van der Waals surface area contributed by atoms with Gasteiger partial charge in [0.15, 0.2) is 0 Å². The van der Waals surface area contributed by atoms with Crippen LogP contribution in [0.4, 0.5) is 0 Å². The second-order valence-electron chi connectivity index (χ2n) is 5.11. The van der Waals surface area contributed by atoms with Crippen molar-refractivity contribution in [3.8, 4) is 0 Å². The first-order valence-corrected chi connectivity index (χ1v) is 7.00. The molecule has 0 spiro atoms. The van der Waals surface area contributed by atoms with Crippen molar-refractivity contribution >= 4 is 15.9 Å². The van der Waals surface area contributed by atoms with Crippen LogP contribution in [0.15, 0.2) is 10.7 Å². The minimum Gasteiger partial charge on any atom is -0.327 e. The summed E-state index contributed by atoms with van der Waals surface area (Å²) >= 11 is 3.61. The zero-order valence-electron chi connectivity index (χ0n) is 10.6. The average molecular weight is 301 g/mol. The summed E-state index contributed by atoms with van der Waals surface area (Å²) in [6, 6.07) is 0.293. The van der Waals surface area contributed by atoms with Gasteiger partial charge >= 0.3 is 0 Å². The predicted molar refractivity (Wildman–Crippen MR) is 73.0 cm³/mol. The van der Waals surface area contributed by atoms with Crippen molar-refractivity contribution in [1.29, 1.82) is 0 Å². The van der Waals surface area contributed by atoms with Gasteiger partial charge in [0, 0.05) is 18.5 Å². The Kier molecular flexibility index (Phi) is 4.22. The van der Waals surface area contributed by atoms with E-state index in [4.69, 9.17) is 5.73 Å². The third kappa shape index (κ3) is 2.89. The van der Waals surface area contributed by atoms with Gasteiger partial charge in [-0.15, -0.1) is 0 Å². The molecule has 2 unspecified atom stereocenters. The molecule has 0 saturated heterocycles. The fraction of sp³-hybridized carbons (Fsp3) is 0.750. The highest BCUT2D eigenvalue weighted by Gasteiger charge is 2.30. The van der Waals surface area contributed by atoms with Crippen LogP contribution in [0, 0.1) is 0 Å². The van der Waals surface area contributed by atoms with Gasteiger partial charge in [-0.3, -0.25) is 4.68 Å². The van der Waals surface area contributed by atoms with Gasteiger partial charge < -0.3 is 10.6 Å². The maximum atomic E-state index is 6.19. The summed E-state index contributed by atoms with van der Waals surface area (Å²) in [5, 5.41) is 4.45. The first-order valence-electron chi connectivity index (χ1n) is 6.21. The van der Waals surface area contributed by atoms with Gasteiger partial charge in [0.2, 0.25) is 0 Å². The van der Waals surface area contributed by atoms with E-state index < -0.39 is 0 Å². The molecule has 1 aromatic heterocycles. The minimum absolute atomic E-state index is 0.293. The summed E-state index contributed by atoms with van der Waals surface area (Å²) in [6.45, 7) is 1.93. The first kappa shape index (κ1) is 13.1. The smallest absolute Gasteiger partial charge is 0.0635 e. The van der Waals surface area contributed by atoms with Crippen LogP contribution in [-0.2, 0) is 6.54 Å². The van der Waals surface area contributed by atoms with Crippen LogP contribution in [0.3, 0.4) is 0 Å². The molecule has 2 N–H and O–H groups in total. The Morgan fingerprint density at radius 2 is 2.29 bits per heavy atom. The van der Waals surface area contributed by atoms with Crippen molar-refractivity contribution in [2.24, 2.45) is 5.73 Å². The van der Waals surface area contributed by atoms with Crippen molar-refractivity contribution < 1.29 is 0 Å². The van der Waals surface area contributed by atoms with Crippen LogP contribution in [0.2, 0.25) is 0 Å². The number of hydrogen-bond acceptors (Lipinski definition) is 3. The Balaban J connectivity index is 2.17. The maximum Gasteiger partial charge on any atom is 0.0635 e. The highest BCUT2D eigenvalue weighted by Crippen LogP contribution is 2.36. The van der Waals surface area contributed by atoms with Crippen molar-refractivity contribution in [3.63, 3.8) is 0 Å². The monoisotopic (exact) mass is 300 g/mol. The number of aromatic nitrogens is 2. The zero-order valence-corrected chi connectivity index (χ0v) is 12.2. The van der Waals surface area contributed by atoms with Gasteiger partial charge in [-0.05, 0) is 42.9 Å². The molecular formula is C12H21BrN4. The van der Waals surface area contributed by atoms with Gasteiger partial charge in [-0.2, -0.15) is 5.10 Å². The molecule has 0 bridgehead atoms. The molecule has 96 valence electrons. The third-order valence-electron chi connectivity index (χ3n) is 3.51. The molecule has 0 amide bonds. The van der Waals surface area contributed by atoms with E-state index in [-0.39, 0.29) is 0 Å². The second kappa shape index (κ2) is 5.50. The first-order chi connectivity index (χ1) is 8.09. The second-order valence-corrected chi connectivity index (χ2v) is 5.96. The van der Waals surface area contributed by atoms with E-state index in [1.165, 1.54) is 18.5 Å². The van der Waals surface area contributed by atoms with Crippen molar-refractivity contribution in [2.75, 3.05) is 20.6 Å². The fourth-order valence-corrected chi connectivity index (χ4v) is 3.13. The Morgan fingerprint density at radius 1 is 1.53 bits per heavy atom. The molecule has 0 aliphatic heterocycles. The van der Waals surface area contributed by atoms with E-state index >= 15 is 0 Å². The normalized spacial score (nSPS) is 24.8. The number of nitrogens with zero attached hydrogens (tertiary/aromatic N) is 3. The van der Waals surface area contributed by atoms with E-state index in [1.54, 1.807) is 0 Å². The number of hydrogen-bond donors (Lipinski definition) is 1. The lowest BCUT2D eigenvalue weighted by Crippen LogP contribution is -2.27. The predicted octanol–water partition coefficient (Wildman–Crippen LogP) is 1.80. The molecule has 0 radical (unpaired) electrons. The molecule has 5 heteroatoms. The van der Waals surface area contributed by atoms with Crippen LogP contribution in [0.1, 0.15) is 30.9 Å². The van der Waals surface area contributed by atoms with Gasteiger partial charge in [0.05, 0.1) is 22.9 Å². The fourth-order valence-electron chi connectivity index (χ4n) is 2.54. The molecule has 1 saturated carbocycles. The van der Waals surface area contributed by atoms with E-state index in [1.807, 2.05) is 6.20 Å². The van der Waals surface area contributed by atoms with Crippen molar-refractivity contribution in [2.45, 2.75) is 37.8 Å². The quantitative estimate of drug-likeness (QED) is 0.922. The van der Waals surface area contributed by atoms with E-state index in [9.17, 15) is 0 Å². The number of halogens is 1. The molecule has 2 rings (SSSR count). The average Bonchev–Trinajstić information content (AvgIpc) is 2.82. The van der Waals surface area contributed by atoms with E-state index in [0.29, 0.717) is 12.0 Å². The van der Waals surface area contributed by atoms with Crippen LogP contribution >= 0.6 is 15.9 Å². The number of likely N-dealkylation sites (N-methyl/N-ethyl adjacent to an activating group) is 1. The topological polar surface area (TPSA) is 47.1 Å². The summed E-state index contributed by atoms with van der Waals surface area (Å²) in [6.07, 6.45) is 5.45. The molecule has 1 heterocycles. The zero-order chi connectivity index (χ0) is 12.4. The van der Waals surface area contributed by atoms with Gasteiger partial charge in [0.25, 0.3) is 0 Å². The highest BCUT2D eigenvalue weighted by atomic mass is 79.9. The summed E-state index contributed by atoms with van der Waals surface area (Å²) in [7, 11) is 4.17. The summed E-state index contributed by atoms with van der Waals surface area (Å²) < 4.78 is 3.22. The third-order valence-corrected chi connectivity index (χ3v) is 4.12. The molecule has 0 aromatic carbocycles. The molecule has 1 aromatic rings. The van der Waals surface area contributed by atoms with Crippen LogP contribution < -0.4 is 5.73 Å². The van der Waals surface area contributed by atoms with Crippen LogP contribution in [-0.4, -0.2) is 41.4 Å². The number of rotatable bonds is 4. The van der Waals surface area contributed by atoms with Crippen LogP contribution in [0.25, 0.3) is 0 Å². The summed E-state index contributed by atoms with van der Waals surface area (Å²) in [5.74, 6) is 0.467. The Labute approximate surface area is 111 Å². The highest BCUT2D eigenvalue weighted by molar-refractivity contribution is 9.10. The minimum atomic E-state index is 0.293. The largest absolute Gasteiger partial charge is 0.327 e. The SMILES string of the molecule is CN(C)CCn1ncc(Br)c1C1CCCC1N. The standard InChI is InChI=1S/C12H21BrN4/c1-16(2)6-7-17-12(10(13)8-15-17)9-4-3-5-11(9)14/h8-9,11H,3-7,14H2,1-2H3. The lowest BCUT2D eigenvalue weighted by atomic mass is 10.0. The molecule has 2 atom stereocenters. The Hall–Kier alpha value is -0.390. The van der Waals surface area contributed by atoms with E-state index in [2.05, 4.69) is 44.7 Å². The van der Waals surface area contributed by atoms with Gasteiger partial charge in [-0.1, -0.05) is 6.42 Å². The lowest BCUT2D eigenvalue weighted by Gasteiger charge is -2.19. The van der Waals surface area contributed by atoms with Crippen molar-refractivity contribution in [3.05, 3.63) is 16.4 Å². The molecule has 1 aliphatic carbocycles. The maximum absolute atomic E-state index is 6.19. The van der Waals surface area contributed by atoms with Gasteiger partial charge in [0.1, 0.15) is 0 Å². The van der Waals surface area contributed by atoms with Crippen LogP contribution in [0.5, 0.6) is 0 Å². The molecule has 1 fully saturated rings. The molecule has 1 aliphatic rings. The molecule has 4 nitrogen and oxygen atoms in total. The lowest BCUT2D eigenvalue weighted by molar-refractivity contribution is 0.364. The van der Waals surface area contributed by atoms with Gasteiger partial charge in [-0.25, -0.2) is 0 Å². The molecule has 17 heavy (non-hydrogen) atoms. The van der Waals surface area contributed by atoms with E-state index in [0.717, 1.165) is 24.0 Å².